The second kappa shape index (κ2) is 6.05. The predicted molar refractivity (Wildman–Crippen MR) is 77.6 cm³/mol. The van der Waals surface area contributed by atoms with Crippen molar-refractivity contribution in [3.8, 4) is 0 Å². The minimum atomic E-state index is -4.40. The first kappa shape index (κ1) is 15.8. The van der Waals surface area contributed by atoms with Crippen molar-refractivity contribution in [2.75, 3.05) is 5.32 Å². The molecule has 0 aromatic heterocycles. The Morgan fingerprint density at radius 1 is 1.10 bits per heavy atom. The van der Waals surface area contributed by atoms with Gasteiger partial charge in [0.1, 0.15) is 5.82 Å². The third-order valence-corrected chi connectivity index (χ3v) is 3.53. The summed E-state index contributed by atoms with van der Waals surface area (Å²) in [6, 6.07) is 8.42. The number of halogens is 5. The summed E-state index contributed by atoms with van der Waals surface area (Å²) in [7, 11) is 0. The normalized spacial score (nSPS) is 11.5. The summed E-state index contributed by atoms with van der Waals surface area (Å²) in [4.78, 5) is 0. The van der Waals surface area contributed by atoms with Gasteiger partial charge in [0.2, 0.25) is 0 Å². The molecule has 0 aliphatic heterocycles. The van der Waals surface area contributed by atoms with Crippen LogP contribution >= 0.6 is 15.9 Å². The number of hydrogen-bond donors (Lipinski definition) is 1. The van der Waals surface area contributed by atoms with Crippen LogP contribution in [0.1, 0.15) is 16.7 Å². The fourth-order valence-corrected chi connectivity index (χ4v) is 2.32. The maximum absolute atomic E-state index is 13.6. The van der Waals surface area contributed by atoms with Gasteiger partial charge >= 0.3 is 6.18 Å². The fraction of sp³-hybridized carbons (Fsp3) is 0.200. The van der Waals surface area contributed by atoms with E-state index in [9.17, 15) is 17.6 Å². The van der Waals surface area contributed by atoms with E-state index in [0.29, 0.717) is 15.7 Å². The Morgan fingerprint density at radius 3 is 2.48 bits per heavy atom. The molecule has 0 radical (unpaired) electrons. The third kappa shape index (κ3) is 3.97. The molecule has 0 spiro atoms. The average Bonchev–Trinajstić information content (AvgIpc) is 2.40. The lowest BCUT2D eigenvalue weighted by Gasteiger charge is -2.13. The topological polar surface area (TPSA) is 12.0 Å². The van der Waals surface area contributed by atoms with Gasteiger partial charge in [-0.15, -0.1) is 0 Å². The van der Waals surface area contributed by atoms with Gasteiger partial charge in [-0.25, -0.2) is 4.39 Å². The monoisotopic (exact) mass is 361 g/mol. The highest BCUT2D eigenvalue weighted by Gasteiger charge is 2.32. The fourth-order valence-electron chi connectivity index (χ4n) is 1.91. The zero-order chi connectivity index (χ0) is 15.6. The van der Waals surface area contributed by atoms with E-state index in [4.69, 9.17) is 0 Å². The number of benzene rings is 2. The molecule has 0 fully saturated rings. The Morgan fingerprint density at radius 2 is 1.81 bits per heavy atom. The predicted octanol–water partition coefficient (Wildman–Crippen LogP) is 5.53. The van der Waals surface area contributed by atoms with Crippen LogP contribution in [0.5, 0.6) is 0 Å². The van der Waals surface area contributed by atoms with Crippen LogP contribution in [0.2, 0.25) is 0 Å². The van der Waals surface area contributed by atoms with Gasteiger partial charge in [-0.3, -0.25) is 0 Å². The molecule has 2 aromatic rings. The van der Waals surface area contributed by atoms with Gasteiger partial charge in [-0.05, 0) is 42.8 Å². The number of nitrogens with one attached hydrogen (secondary N) is 1. The summed E-state index contributed by atoms with van der Waals surface area (Å²) in [6.45, 7) is 1.51. The maximum atomic E-state index is 13.6. The summed E-state index contributed by atoms with van der Waals surface area (Å²) >= 11 is 3.23. The summed E-state index contributed by atoms with van der Waals surface area (Å²) in [5, 5.41) is 2.81. The summed E-state index contributed by atoms with van der Waals surface area (Å²) in [6.07, 6.45) is -4.40. The van der Waals surface area contributed by atoms with Crippen molar-refractivity contribution in [3.63, 3.8) is 0 Å². The van der Waals surface area contributed by atoms with Crippen molar-refractivity contribution in [1.82, 2.24) is 0 Å². The van der Waals surface area contributed by atoms with Gasteiger partial charge in [0.05, 0.1) is 5.56 Å². The van der Waals surface area contributed by atoms with Gasteiger partial charge in [0.15, 0.2) is 0 Å². The molecule has 0 heterocycles. The van der Waals surface area contributed by atoms with E-state index in [1.54, 1.807) is 18.2 Å². The Kier molecular flexibility index (Phi) is 4.56. The van der Waals surface area contributed by atoms with E-state index in [-0.39, 0.29) is 12.1 Å². The molecule has 0 amide bonds. The largest absolute Gasteiger partial charge is 0.416 e. The third-order valence-electron chi connectivity index (χ3n) is 3.03. The second-order valence-corrected chi connectivity index (χ2v) is 5.53. The zero-order valence-electron chi connectivity index (χ0n) is 11.1. The second-order valence-electron chi connectivity index (χ2n) is 4.62. The van der Waals surface area contributed by atoms with E-state index in [0.717, 1.165) is 6.07 Å². The molecule has 0 aliphatic carbocycles. The van der Waals surface area contributed by atoms with E-state index >= 15 is 0 Å². The van der Waals surface area contributed by atoms with Crippen LogP contribution in [0.3, 0.4) is 0 Å². The van der Waals surface area contributed by atoms with Crippen LogP contribution in [0.4, 0.5) is 23.2 Å². The van der Waals surface area contributed by atoms with Crippen molar-refractivity contribution >= 4 is 21.6 Å². The lowest BCUT2D eigenvalue weighted by atomic mass is 10.1. The maximum Gasteiger partial charge on any atom is 0.416 e. The zero-order valence-corrected chi connectivity index (χ0v) is 12.6. The van der Waals surface area contributed by atoms with Crippen LogP contribution in [-0.2, 0) is 12.7 Å². The first-order chi connectivity index (χ1) is 9.77. The van der Waals surface area contributed by atoms with Crippen LogP contribution in [-0.4, -0.2) is 0 Å². The first-order valence-electron chi connectivity index (χ1n) is 6.13. The van der Waals surface area contributed by atoms with Gasteiger partial charge in [0, 0.05) is 22.3 Å². The van der Waals surface area contributed by atoms with Crippen LogP contribution in [0.15, 0.2) is 40.9 Å². The number of alkyl halides is 3. The molecule has 2 aromatic carbocycles. The van der Waals surface area contributed by atoms with Gasteiger partial charge < -0.3 is 5.32 Å². The molecule has 2 rings (SSSR count). The van der Waals surface area contributed by atoms with E-state index in [2.05, 4.69) is 21.2 Å². The van der Waals surface area contributed by atoms with Crippen LogP contribution in [0, 0.1) is 12.7 Å². The number of anilines is 1. The lowest BCUT2D eigenvalue weighted by Crippen LogP contribution is -2.09. The van der Waals surface area contributed by atoms with E-state index in [1.165, 1.54) is 19.1 Å². The summed E-state index contributed by atoms with van der Waals surface area (Å²) in [5.41, 5.74) is 0.134. The molecule has 1 nitrogen and oxygen atoms in total. The molecule has 21 heavy (non-hydrogen) atoms. The van der Waals surface area contributed by atoms with Crippen LogP contribution < -0.4 is 5.32 Å². The van der Waals surface area contributed by atoms with Crippen molar-refractivity contribution in [1.29, 1.82) is 0 Å². The van der Waals surface area contributed by atoms with Crippen molar-refractivity contribution in [3.05, 3.63) is 63.4 Å². The smallest absolute Gasteiger partial charge is 0.381 e. The van der Waals surface area contributed by atoms with E-state index in [1.807, 2.05) is 0 Å². The van der Waals surface area contributed by atoms with Gasteiger partial charge in [0.25, 0.3) is 0 Å². The Balaban J connectivity index is 2.19. The minimum absolute atomic E-state index is 0.103. The number of hydrogen-bond acceptors (Lipinski definition) is 1. The molecular formula is C15H12BrF4N. The molecule has 0 atom stereocenters. The molecule has 0 saturated heterocycles. The molecule has 0 aliphatic rings. The summed E-state index contributed by atoms with van der Waals surface area (Å²) < 4.78 is 52.7. The SMILES string of the molecule is Cc1ccc(NCc2cc(Br)ccc2F)cc1C(F)(F)F. The van der Waals surface area contributed by atoms with Crippen molar-refractivity contribution in [2.45, 2.75) is 19.6 Å². The summed E-state index contributed by atoms with van der Waals surface area (Å²) in [5.74, 6) is -0.408. The molecule has 112 valence electrons. The average molecular weight is 362 g/mol. The Bertz CT molecular complexity index is 653. The molecule has 0 unspecified atom stereocenters. The number of rotatable bonds is 3. The standard InChI is InChI=1S/C15H12BrF4N/c1-9-2-4-12(7-13(9)15(18,19)20)21-8-10-6-11(16)3-5-14(10)17/h2-7,21H,8H2,1H3. The minimum Gasteiger partial charge on any atom is -0.381 e. The Hall–Kier alpha value is -1.56. The van der Waals surface area contributed by atoms with E-state index < -0.39 is 17.6 Å². The van der Waals surface area contributed by atoms with Gasteiger partial charge in [-0.1, -0.05) is 22.0 Å². The first-order valence-corrected chi connectivity index (χ1v) is 6.92. The van der Waals surface area contributed by atoms with Crippen molar-refractivity contribution < 1.29 is 17.6 Å². The molecule has 0 bridgehead atoms. The number of aryl methyl sites for hydroxylation is 1. The molecular weight excluding hydrogens is 350 g/mol. The molecule has 6 heteroatoms. The van der Waals surface area contributed by atoms with Crippen LogP contribution in [0.25, 0.3) is 0 Å². The van der Waals surface area contributed by atoms with Crippen molar-refractivity contribution in [2.24, 2.45) is 0 Å². The van der Waals surface area contributed by atoms with Gasteiger partial charge in [-0.2, -0.15) is 13.2 Å². The quantitative estimate of drug-likeness (QED) is 0.709. The lowest BCUT2D eigenvalue weighted by molar-refractivity contribution is -0.138. The molecule has 0 saturated carbocycles. The highest BCUT2D eigenvalue weighted by atomic mass is 79.9. The highest BCUT2D eigenvalue weighted by Crippen LogP contribution is 2.33. The highest BCUT2D eigenvalue weighted by molar-refractivity contribution is 9.10. The molecule has 1 N–H and O–H groups in total. The Labute approximate surface area is 128 Å².